The van der Waals surface area contributed by atoms with Crippen LogP contribution in [0.1, 0.15) is 39.5 Å². The van der Waals surface area contributed by atoms with Crippen LogP contribution < -0.4 is 0 Å². The van der Waals surface area contributed by atoms with Crippen molar-refractivity contribution in [3.05, 3.63) is 23.9 Å². The quantitative estimate of drug-likeness (QED) is 0.735. The molecule has 8 nitrogen and oxygen atoms in total. The van der Waals surface area contributed by atoms with Crippen molar-refractivity contribution < 1.29 is 18.7 Å². The second kappa shape index (κ2) is 5.89. The van der Waals surface area contributed by atoms with Gasteiger partial charge in [-0.15, -0.1) is 10.2 Å². The second-order valence-corrected chi connectivity index (χ2v) is 8.63. The number of likely N-dealkylation sites (tertiary alicyclic amines) is 1. The van der Waals surface area contributed by atoms with Gasteiger partial charge in [-0.3, -0.25) is 9.59 Å². The highest BCUT2D eigenvalue weighted by Gasteiger charge is 2.68. The van der Waals surface area contributed by atoms with Gasteiger partial charge in [-0.1, -0.05) is 19.1 Å². The molecule has 0 aliphatic carbocycles. The van der Waals surface area contributed by atoms with Crippen LogP contribution in [0.25, 0.3) is 0 Å². The smallest absolute Gasteiger partial charge is 0.235 e. The number of aryl methyl sites for hydroxylation is 1. The van der Waals surface area contributed by atoms with E-state index in [-0.39, 0.29) is 30.0 Å². The van der Waals surface area contributed by atoms with E-state index in [1.807, 2.05) is 44.7 Å². The van der Waals surface area contributed by atoms with Crippen LogP contribution in [-0.4, -0.2) is 62.6 Å². The molecule has 8 heteroatoms. The zero-order valence-electron chi connectivity index (χ0n) is 16.4. The van der Waals surface area contributed by atoms with Gasteiger partial charge in [0.05, 0.1) is 31.0 Å². The summed E-state index contributed by atoms with van der Waals surface area (Å²) in [6.45, 7) is 8.64. The average Bonchev–Trinajstić information content (AvgIpc) is 3.34. The molecule has 2 fully saturated rings. The molecule has 0 radical (unpaired) electrons. The number of fused-ring (bicyclic) bond motifs is 1. The first-order valence-electron chi connectivity index (χ1n) is 9.41. The first-order chi connectivity index (χ1) is 12.7. The Bertz CT molecular complexity index is 811. The van der Waals surface area contributed by atoms with Crippen LogP contribution >= 0.6 is 0 Å². The van der Waals surface area contributed by atoms with Crippen molar-refractivity contribution in [2.24, 2.45) is 11.8 Å². The number of amides is 2. The van der Waals surface area contributed by atoms with Crippen molar-refractivity contribution in [3.63, 3.8) is 0 Å². The second-order valence-electron chi connectivity index (χ2n) is 8.63. The fourth-order valence-corrected chi connectivity index (χ4v) is 4.38. The van der Waals surface area contributed by atoms with Crippen LogP contribution in [0, 0.1) is 11.8 Å². The number of nitrogens with zero attached hydrogens (tertiary/aromatic N) is 4. The number of rotatable bonds is 4. The SMILES string of the molecule is CCc1nnc(CN(C)C(=O)[C@@H]2[C@@H]3C=C[C@@]4(CN(C(C)(C)C)C(=O)[C@@H]24)O3)o1. The molecular weight excluding hydrogens is 348 g/mol. The number of ether oxygens (including phenoxy) is 1. The van der Waals surface area contributed by atoms with Gasteiger partial charge in [0, 0.05) is 19.0 Å². The van der Waals surface area contributed by atoms with Gasteiger partial charge in [0.1, 0.15) is 5.60 Å². The molecule has 4 rings (SSSR count). The molecule has 2 amide bonds. The molecule has 4 atom stereocenters. The molecule has 0 saturated carbocycles. The van der Waals surface area contributed by atoms with Gasteiger partial charge in [-0.05, 0) is 20.8 Å². The lowest BCUT2D eigenvalue weighted by Crippen LogP contribution is -2.47. The van der Waals surface area contributed by atoms with E-state index in [1.54, 1.807) is 11.9 Å². The molecule has 2 saturated heterocycles. The van der Waals surface area contributed by atoms with Crippen molar-refractivity contribution in [1.29, 1.82) is 0 Å². The van der Waals surface area contributed by atoms with Crippen LogP contribution in [0.4, 0.5) is 0 Å². The Labute approximate surface area is 158 Å². The Balaban J connectivity index is 1.56. The zero-order chi connectivity index (χ0) is 19.6. The summed E-state index contributed by atoms with van der Waals surface area (Å²) in [7, 11) is 1.70. The fourth-order valence-electron chi connectivity index (χ4n) is 4.38. The Morgan fingerprint density at radius 3 is 2.70 bits per heavy atom. The van der Waals surface area contributed by atoms with Gasteiger partial charge in [-0.25, -0.2) is 0 Å². The van der Waals surface area contributed by atoms with E-state index in [4.69, 9.17) is 9.15 Å². The Hall–Kier alpha value is -2.22. The predicted molar refractivity (Wildman–Crippen MR) is 95.3 cm³/mol. The topological polar surface area (TPSA) is 88.8 Å². The van der Waals surface area contributed by atoms with E-state index in [0.29, 0.717) is 24.7 Å². The number of aromatic nitrogens is 2. The molecule has 27 heavy (non-hydrogen) atoms. The maximum absolute atomic E-state index is 13.2. The Morgan fingerprint density at radius 2 is 2.07 bits per heavy atom. The van der Waals surface area contributed by atoms with E-state index < -0.39 is 17.4 Å². The maximum Gasteiger partial charge on any atom is 0.235 e. The lowest BCUT2D eigenvalue weighted by atomic mass is 9.76. The van der Waals surface area contributed by atoms with Gasteiger partial charge < -0.3 is 19.0 Å². The van der Waals surface area contributed by atoms with Gasteiger partial charge in [0.15, 0.2) is 0 Å². The minimum atomic E-state index is -0.684. The van der Waals surface area contributed by atoms with Crippen LogP contribution in [0.2, 0.25) is 0 Å². The van der Waals surface area contributed by atoms with Crippen molar-refractivity contribution in [1.82, 2.24) is 20.0 Å². The molecule has 1 spiro atoms. The lowest BCUT2D eigenvalue weighted by Gasteiger charge is -2.34. The number of carbonyl (C=O) groups excluding carboxylic acids is 2. The predicted octanol–water partition coefficient (Wildman–Crippen LogP) is 1.17. The van der Waals surface area contributed by atoms with E-state index >= 15 is 0 Å². The van der Waals surface area contributed by atoms with Gasteiger partial charge in [0.2, 0.25) is 23.6 Å². The molecule has 3 aliphatic heterocycles. The third kappa shape index (κ3) is 2.69. The Morgan fingerprint density at radius 1 is 1.37 bits per heavy atom. The summed E-state index contributed by atoms with van der Waals surface area (Å²) in [5.74, 6) is -0.193. The van der Waals surface area contributed by atoms with E-state index in [1.165, 1.54) is 0 Å². The molecule has 146 valence electrons. The summed E-state index contributed by atoms with van der Waals surface area (Å²) in [4.78, 5) is 29.7. The molecule has 2 bridgehead atoms. The van der Waals surface area contributed by atoms with Crippen molar-refractivity contribution in [2.75, 3.05) is 13.6 Å². The zero-order valence-corrected chi connectivity index (χ0v) is 16.4. The van der Waals surface area contributed by atoms with Crippen LogP contribution in [0.15, 0.2) is 16.6 Å². The molecule has 1 aromatic rings. The molecule has 4 heterocycles. The third-order valence-corrected chi connectivity index (χ3v) is 5.76. The van der Waals surface area contributed by atoms with E-state index in [2.05, 4.69) is 10.2 Å². The number of hydrogen-bond acceptors (Lipinski definition) is 6. The molecule has 0 unspecified atom stereocenters. The number of carbonyl (C=O) groups is 2. The third-order valence-electron chi connectivity index (χ3n) is 5.76. The monoisotopic (exact) mass is 374 g/mol. The van der Waals surface area contributed by atoms with Crippen molar-refractivity contribution >= 4 is 11.8 Å². The van der Waals surface area contributed by atoms with E-state index in [9.17, 15) is 9.59 Å². The van der Waals surface area contributed by atoms with Crippen LogP contribution in [-0.2, 0) is 27.3 Å². The summed E-state index contributed by atoms with van der Waals surface area (Å²) in [5.41, 5.74) is -0.999. The molecule has 0 aromatic carbocycles. The normalized spacial score (nSPS) is 31.7. The highest BCUT2D eigenvalue weighted by molar-refractivity contribution is 5.93. The standard InChI is InChI=1S/C19H26N4O4/c1-6-12-20-21-13(26-12)9-22(5)16(24)14-11-7-8-19(27-11)10-23(18(2,3)4)17(25)15(14)19/h7-8,11,14-15H,6,9-10H2,1-5H3/t11-,14+,15+,19-/m0/s1. The van der Waals surface area contributed by atoms with Gasteiger partial charge in [-0.2, -0.15) is 0 Å². The highest BCUT2D eigenvalue weighted by atomic mass is 16.5. The largest absolute Gasteiger partial charge is 0.423 e. The molecular formula is C19H26N4O4. The van der Waals surface area contributed by atoms with Crippen LogP contribution in [0.5, 0.6) is 0 Å². The average molecular weight is 374 g/mol. The Kier molecular flexibility index (Phi) is 3.96. The van der Waals surface area contributed by atoms with E-state index in [0.717, 1.165) is 0 Å². The summed E-state index contributed by atoms with van der Waals surface area (Å²) in [5, 5.41) is 7.91. The summed E-state index contributed by atoms with van der Waals surface area (Å²) >= 11 is 0. The fraction of sp³-hybridized carbons (Fsp3) is 0.684. The summed E-state index contributed by atoms with van der Waals surface area (Å²) in [6, 6.07) is 0. The lowest BCUT2D eigenvalue weighted by molar-refractivity contribution is -0.144. The molecule has 0 N–H and O–H groups in total. The first-order valence-corrected chi connectivity index (χ1v) is 9.41. The molecule has 1 aromatic heterocycles. The van der Waals surface area contributed by atoms with Crippen LogP contribution in [0.3, 0.4) is 0 Å². The van der Waals surface area contributed by atoms with Crippen molar-refractivity contribution in [2.45, 2.75) is 57.9 Å². The maximum atomic E-state index is 13.2. The highest BCUT2D eigenvalue weighted by Crippen LogP contribution is 2.53. The van der Waals surface area contributed by atoms with Gasteiger partial charge in [0.25, 0.3) is 0 Å². The van der Waals surface area contributed by atoms with Crippen molar-refractivity contribution in [3.8, 4) is 0 Å². The minimum absolute atomic E-state index is 0.00726. The first kappa shape index (κ1) is 18.2. The van der Waals surface area contributed by atoms with Gasteiger partial charge >= 0.3 is 0 Å². The summed E-state index contributed by atoms with van der Waals surface area (Å²) in [6.07, 6.45) is 4.19. The minimum Gasteiger partial charge on any atom is -0.423 e. The molecule has 3 aliphatic rings. The number of hydrogen-bond donors (Lipinski definition) is 0. The summed E-state index contributed by atoms with van der Waals surface area (Å²) < 4.78 is 11.7.